The monoisotopic (exact) mass is 283 g/mol. The number of hydrogen-bond donors (Lipinski definition) is 0. The molecule has 0 unspecified atom stereocenters. The van der Waals surface area contributed by atoms with E-state index in [1.807, 2.05) is 26.0 Å². The fraction of sp³-hybridized carbons (Fsp3) is 0.235. The SMILES string of the molecule is CCc1cc(CC)c([N+](=O)[O-])c(C(=O)c2ccccc2)c1. The number of hydrogen-bond acceptors (Lipinski definition) is 3. The van der Waals surface area contributed by atoms with Crippen molar-refractivity contribution in [2.24, 2.45) is 0 Å². The number of carbonyl (C=O) groups is 1. The summed E-state index contributed by atoms with van der Waals surface area (Å²) in [7, 11) is 0. The second kappa shape index (κ2) is 6.31. The van der Waals surface area contributed by atoms with Crippen LogP contribution < -0.4 is 0 Å². The quantitative estimate of drug-likeness (QED) is 0.474. The van der Waals surface area contributed by atoms with Crippen molar-refractivity contribution < 1.29 is 9.72 Å². The molecule has 0 saturated carbocycles. The molecule has 4 nitrogen and oxygen atoms in total. The molecule has 2 aromatic carbocycles. The summed E-state index contributed by atoms with van der Waals surface area (Å²) in [6.45, 7) is 3.83. The van der Waals surface area contributed by atoms with Gasteiger partial charge in [-0.15, -0.1) is 0 Å². The highest BCUT2D eigenvalue weighted by molar-refractivity contribution is 6.11. The van der Waals surface area contributed by atoms with E-state index >= 15 is 0 Å². The summed E-state index contributed by atoms with van der Waals surface area (Å²) >= 11 is 0. The minimum Gasteiger partial charge on any atom is -0.288 e. The number of nitro groups is 1. The lowest BCUT2D eigenvalue weighted by atomic mass is 9.94. The third-order valence-electron chi connectivity index (χ3n) is 3.50. The summed E-state index contributed by atoms with van der Waals surface area (Å²) < 4.78 is 0. The van der Waals surface area contributed by atoms with Crippen molar-refractivity contribution in [2.75, 3.05) is 0 Å². The molecule has 0 aromatic heterocycles. The highest BCUT2D eigenvalue weighted by atomic mass is 16.6. The third kappa shape index (κ3) is 2.99. The Morgan fingerprint density at radius 3 is 2.29 bits per heavy atom. The first kappa shape index (κ1) is 14.9. The van der Waals surface area contributed by atoms with Gasteiger partial charge in [0.05, 0.1) is 4.92 Å². The Labute approximate surface area is 123 Å². The van der Waals surface area contributed by atoms with Gasteiger partial charge in [0.25, 0.3) is 5.69 Å². The van der Waals surface area contributed by atoms with Crippen molar-refractivity contribution in [3.05, 3.63) is 74.8 Å². The Balaban J connectivity index is 2.66. The second-order valence-corrected chi connectivity index (χ2v) is 4.81. The second-order valence-electron chi connectivity index (χ2n) is 4.81. The summed E-state index contributed by atoms with van der Waals surface area (Å²) in [5.74, 6) is -0.299. The summed E-state index contributed by atoms with van der Waals surface area (Å²) in [5.41, 5.74) is 2.14. The van der Waals surface area contributed by atoms with Crippen LogP contribution in [0.4, 0.5) is 5.69 Å². The van der Waals surface area contributed by atoms with Gasteiger partial charge in [-0.05, 0) is 30.5 Å². The van der Waals surface area contributed by atoms with Crippen LogP contribution in [0.25, 0.3) is 0 Å². The molecule has 4 heteroatoms. The van der Waals surface area contributed by atoms with Crippen molar-refractivity contribution in [1.29, 1.82) is 0 Å². The van der Waals surface area contributed by atoms with E-state index in [-0.39, 0.29) is 17.0 Å². The van der Waals surface area contributed by atoms with Crippen molar-refractivity contribution in [2.45, 2.75) is 26.7 Å². The Bertz CT molecular complexity index is 678. The molecule has 0 aliphatic heterocycles. The smallest absolute Gasteiger partial charge is 0.283 e. The standard InChI is InChI=1S/C17H17NO3/c1-3-12-10-13(4-2)16(18(20)21)15(11-12)17(19)14-8-6-5-7-9-14/h5-11H,3-4H2,1-2H3. The highest BCUT2D eigenvalue weighted by Crippen LogP contribution is 2.28. The molecule has 0 bridgehead atoms. The number of aryl methyl sites for hydroxylation is 2. The summed E-state index contributed by atoms with van der Waals surface area (Å²) in [6, 6.07) is 12.1. The Hall–Kier alpha value is -2.49. The molecule has 2 aromatic rings. The zero-order valence-electron chi connectivity index (χ0n) is 12.1. The summed E-state index contributed by atoms with van der Waals surface area (Å²) in [6.07, 6.45) is 1.26. The van der Waals surface area contributed by atoms with E-state index in [2.05, 4.69) is 0 Å². The van der Waals surface area contributed by atoms with E-state index in [0.29, 0.717) is 17.5 Å². The number of rotatable bonds is 5. The maximum atomic E-state index is 12.6. The van der Waals surface area contributed by atoms with Gasteiger partial charge in [0.1, 0.15) is 5.56 Å². The number of nitro benzene ring substituents is 1. The van der Waals surface area contributed by atoms with Crippen LogP contribution >= 0.6 is 0 Å². The molecule has 108 valence electrons. The van der Waals surface area contributed by atoms with Crippen LogP contribution in [0.2, 0.25) is 0 Å². The Morgan fingerprint density at radius 1 is 1.10 bits per heavy atom. The lowest BCUT2D eigenvalue weighted by Gasteiger charge is -2.09. The van der Waals surface area contributed by atoms with Gasteiger partial charge in [0.15, 0.2) is 5.78 Å². The molecule has 0 fully saturated rings. The lowest BCUT2D eigenvalue weighted by molar-refractivity contribution is -0.385. The fourth-order valence-electron chi connectivity index (χ4n) is 2.37. The minimum absolute atomic E-state index is 0.0662. The zero-order chi connectivity index (χ0) is 15.4. The molecule has 0 heterocycles. The van der Waals surface area contributed by atoms with Crippen molar-refractivity contribution in [1.82, 2.24) is 0 Å². The molecule has 0 atom stereocenters. The van der Waals surface area contributed by atoms with Crippen molar-refractivity contribution in [3.63, 3.8) is 0 Å². The van der Waals surface area contributed by atoms with Gasteiger partial charge in [-0.25, -0.2) is 0 Å². The van der Waals surface area contributed by atoms with Gasteiger partial charge in [0, 0.05) is 11.1 Å². The van der Waals surface area contributed by atoms with E-state index in [1.165, 1.54) is 0 Å². The molecule has 0 amide bonds. The van der Waals surface area contributed by atoms with Gasteiger partial charge in [-0.1, -0.05) is 44.2 Å². The average Bonchev–Trinajstić information content (AvgIpc) is 2.53. The van der Waals surface area contributed by atoms with E-state index in [4.69, 9.17) is 0 Å². The summed E-state index contributed by atoms with van der Waals surface area (Å²) in [5, 5.41) is 11.4. The molecule has 0 N–H and O–H groups in total. The molecule has 0 saturated heterocycles. The maximum absolute atomic E-state index is 12.6. The largest absolute Gasteiger partial charge is 0.288 e. The van der Waals surface area contributed by atoms with Crippen LogP contribution in [0.1, 0.15) is 40.9 Å². The van der Waals surface area contributed by atoms with Gasteiger partial charge in [0.2, 0.25) is 0 Å². The molecule has 0 spiro atoms. The van der Waals surface area contributed by atoms with E-state index in [1.54, 1.807) is 30.3 Å². The van der Waals surface area contributed by atoms with Crippen molar-refractivity contribution >= 4 is 11.5 Å². The van der Waals surface area contributed by atoms with Crippen LogP contribution in [-0.2, 0) is 12.8 Å². The molecule has 0 aliphatic rings. The third-order valence-corrected chi connectivity index (χ3v) is 3.50. The first-order chi connectivity index (χ1) is 10.1. The molecule has 0 radical (unpaired) electrons. The molecular formula is C17H17NO3. The lowest BCUT2D eigenvalue weighted by Crippen LogP contribution is -2.09. The van der Waals surface area contributed by atoms with Gasteiger partial charge < -0.3 is 0 Å². The van der Waals surface area contributed by atoms with Crippen LogP contribution in [0, 0.1) is 10.1 Å². The van der Waals surface area contributed by atoms with E-state index in [9.17, 15) is 14.9 Å². The number of benzene rings is 2. The Kier molecular flexibility index (Phi) is 4.48. The first-order valence-corrected chi connectivity index (χ1v) is 6.98. The van der Waals surface area contributed by atoms with Gasteiger partial charge >= 0.3 is 0 Å². The molecule has 2 rings (SSSR count). The number of ketones is 1. The maximum Gasteiger partial charge on any atom is 0.283 e. The fourth-order valence-corrected chi connectivity index (χ4v) is 2.37. The molecular weight excluding hydrogens is 266 g/mol. The normalized spacial score (nSPS) is 10.4. The number of nitrogens with zero attached hydrogens (tertiary/aromatic N) is 1. The topological polar surface area (TPSA) is 60.2 Å². The van der Waals surface area contributed by atoms with E-state index in [0.717, 1.165) is 12.0 Å². The van der Waals surface area contributed by atoms with Gasteiger partial charge in [-0.2, -0.15) is 0 Å². The number of carbonyl (C=O) groups excluding carboxylic acids is 1. The Morgan fingerprint density at radius 2 is 1.76 bits per heavy atom. The van der Waals surface area contributed by atoms with E-state index < -0.39 is 4.92 Å². The van der Waals surface area contributed by atoms with Gasteiger partial charge in [-0.3, -0.25) is 14.9 Å². The molecule has 0 aliphatic carbocycles. The zero-order valence-corrected chi connectivity index (χ0v) is 12.1. The highest BCUT2D eigenvalue weighted by Gasteiger charge is 2.25. The summed E-state index contributed by atoms with van der Waals surface area (Å²) in [4.78, 5) is 23.5. The van der Waals surface area contributed by atoms with Crippen LogP contribution in [0.15, 0.2) is 42.5 Å². The minimum atomic E-state index is -0.450. The predicted octanol–water partition coefficient (Wildman–Crippen LogP) is 3.95. The van der Waals surface area contributed by atoms with Crippen LogP contribution in [0.3, 0.4) is 0 Å². The van der Waals surface area contributed by atoms with Crippen LogP contribution in [-0.4, -0.2) is 10.7 Å². The van der Waals surface area contributed by atoms with Crippen LogP contribution in [0.5, 0.6) is 0 Å². The first-order valence-electron chi connectivity index (χ1n) is 6.98. The predicted molar refractivity (Wildman–Crippen MR) is 81.7 cm³/mol. The molecule has 21 heavy (non-hydrogen) atoms. The average molecular weight is 283 g/mol. The van der Waals surface area contributed by atoms with Crippen molar-refractivity contribution in [3.8, 4) is 0 Å².